The molecule has 0 unspecified atom stereocenters. The van der Waals surface area contributed by atoms with Crippen molar-refractivity contribution in [3.63, 3.8) is 0 Å². The predicted octanol–water partition coefficient (Wildman–Crippen LogP) is 5.16. The minimum absolute atomic E-state index is 0.225. The maximum absolute atomic E-state index is 11.6. The second kappa shape index (κ2) is 7.78. The van der Waals surface area contributed by atoms with Crippen molar-refractivity contribution in [2.45, 2.75) is 27.7 Å². The molecule has 2 rings (SSSR count). The van der Waals surface area contributed by atoms with Gasteiger partial charge in [-0.05, 0) is 61.6 Å². The average Bonchev–Trinajstić information content (AvgIpc) is 2.53. The minimum Gasteiger partial charge on any atom is -0.458 e. The van der Waals surface area contributed by atoms with Crippen LogP contribution >= 0.6 is 0 Å². The highest BCUT2D eigenvalue weighted by molar-refractivity contribution is 5.87. The lowest BCUT2D eigenvalue weighted by molar-refractivity contribution is -0.137. The first-order chi connectivity index (χ1) is 11.4. The van der Waals surface area contributed by atoms with Gasteiger partial charge in [0.05, 0.1) is 0 Å². The molecule has 0 radical (unpaired) electrons. The fraction of sp³-hybridized carbons (Fsp3) is 0.227. The molecule has 0 saturated carbocycles. The highest BCUT2D eigenvalue weighted by Crippen LogP contribution is 2.29. The highest BCUT2D eigenvalue weighted by atomic mass is 16.5. The zero-order valence-electron chi connectivity index (χ0n) is 14.8. The lowest BCUT2D eigenvalue weighted by atomic mass is 9.89. The van der Waals surface area contributed by atoms with Crippen LogP contribution in [0.15, 0.2) is 60.7 Å². The van der Waals surface area contributed by atoms with E-state index in [1.165, 1.54) is 22.3 Å². The summed E-state index contributed by atoms with van der Waals surface area (Å²) < 4.78 is 5.27. The van der Waals surface area contributed by atoms with Gasteiger partial charge in [-0.1, -0.05) is 54.6 Å². The number of rotatable bonds is 5. The number of esters is 1. The first-order valence-corrected chi connectivity index (χ1v) is 8.06. The van der Waals surface area contributed by atoms with Crippen molar-refractivity contribution in [1.29, 1.82) is 0 Å². The SMILES string of the molecule is C=C(C)C(=O)OC/C=C(\c1ccccc1)c1c(C)cc(C)cc1C. The molecular formula is C22H24O2. The Labute approximate surface area is 144 Å². The van der Waals surface area contributed by atoms with Crippen LogP contribution in [0.1, 0.15) is 34.7 Å². The summed E-state index contributed by atoms with van der Waals surface area (Å²) in [4.78, 5) is 11.6. The maximum Gasteiger partial charge on any atom is 0.333 e. The summed E-state index contributed by atoms with van der Waals surface area (Å²) in [6.07, 6.45) is 1.97. The van der Waals surface area contributed by atoms with Crippen LogP contribution in [0.5, 0.6) is 0 Å². The third-order valence-corrected chi connectivity index (χ3v) is 3.88. The zero-order valence-corrected chi connectivity index (χ0v) is 14.8. The number of carbonyl (C=O) groups is 1. The molecule has 0 aliphatic heterocycles. The quantitative estimate of drug-likeness (QED) is 0.561. The number of hydrogen-bond acceptors (Lipinski definition) is 2. The Balaban J connectivity index is 2.45. The monoisotopic (exact) mass is 320 g/mol. The lowest BCUT2D eigenvalue weighted by Gasteiger charge is -2.16. The van der Waals surface area contributed by atoms with Gasteiger partial charge in [0.1, 0.15) is 6.61 Å². The molecule has 0 aliphatic carbocycles. The number of benzene rings is 2. The van der Waals surface area contributed by atoms with E-state index in [1.807, 2.05) is 24.3 Å². The first-order valence-electron chi connectivity index (χ1n) is 8.06. The van der Waals surface area contributed by atoms with E-state index in [0.717, 1.165) is 11.1 Å². The third kappa shape index (κ3) is 4.23. The van der Waals surface area contributed by atoms with Gasteiger partial charge in [-0.15, -0.1) is 0 Å². The lowest BCUT2D eigenvalue weighted by Crippen LogP contribution is -2.06. The van der Waals surface area contributed by atoms with Crippen LogP contribution in [-0.2, 0) is 9.53 Å². The molecule has 0 heterocycles. The van der Waals surface area contributed by atoms with Gasteiger partial charge in [0, 0.05) is 5.57 Å². The molecule has 0 fully saturated rings. The van der Waals surface area contributed by atoms with Crippen molar-refractivity contribution in [2.75, 3.05) is 6.61 Å². The molecule has 0 aromatic heterocycles. The Morgan fingerprint density at radius 1 is 1.08 bits per heavy atom. The largest absolute Gasteiger partial charge is 0.458 e. The Morgan fingerprint density at radius 3 is 2.21 bits per heavy atom. The Morgan fingerprint density at radius 2 is 1.67 bits per heavy atom. The van der Waals surface area contributed by atoms with Crippen molar-refractivity contribution in [3.8, 4) is 0 Å². The van der Waals surface area contributed by atoms with Crippen molar-refractivity contribution in [1.82, 2.24) is 0 Å². The van der Waals surface area contributed by atoms with Gasteiger partial charge < -0.3 is 4.74 Å². The molecular weight excluding hydrogens is 296 g/mol. The van der Waals surface area contributed by atoms with Gasteiger partial charge >= 0.3 is 5.97 Å². The molecule has 0 N–H and O–H groups in total. The summed E-state index contributed by atoms with van der Waals surface area (Å²) in [5.74, 6) is -0.365. The van der Waals surface area contributed by atoms with Gasteiger partial charge in [0.2, 0.25) is 0 Å². The molecule has 0 amide bonds. The molecule has 2 heteroatoms. The minimum atomic E-state index is -0.365. The second-order valence-corrected chi connectivity index (χ2v) is 6.14. The highest BCUT2D eigenvalue weighted by Gasteiger charge is 2.12. The molecule has 0 saturated heterocycles. The maximum atomic E-state index is 11.6. The predicted molar refractivity (Wildman–Crippen MR) is 99.9 cm³/mol. The van der Waals surface area contributed by atoms with Gasteiger partial charge in [0.15, 0.2) is 0 Å². The van der Waals surface area contributed by atoms with Gasteiger partial charge in [-0.25, -0.2) is 4.79 Å². The fourth-order valence-electron chi connectivity index (χ4n) is 2.91. The van der Waals surface area contributed by atoms with Crippen LogP contribution < -0.4 is 0 Å². The summed E-state index contributed by atoms with van der Waals surface area (Å²) in [6.45, 7) is 11.8. The van der Waals surface area contributed by atoms with Crippen molar-refractivity contribution >= 4 is 11.5 Å². The number of hydrogen-bond donors (Lipinski definition) is 0. The summed E-state index contributed by atoms with van der Waals surface area (Å²) in [6, 6.07) is 14.5. The summed E-state index contributed by atoms with van der Waals surface area (Å²) in [5.41, 5.74) is 7.47. The van der Waals surface area contributed by atoms with Crippen molar-refractivity contribution < 1.29 is 9.53 Å². The molecule has 0 atom stereocenters. The number of aryl methyl sites for hydroxylation is 3. The molecule has 2 aromatic carbocycles. The van der Waals surface area contributed by atoms with E-state index in [4.69, 9.17) is 4.74 Å². The van der Waals surface area contributed by atoms with Crippen molar-refractivity contribution in [2.24, 2.45) is 0 Å². The Hall–Kier alpha value is -2.61. The van der Waals surface area contributed by atoms with E-state index >= 15 is 0 Å². The smallest absolute Gasteiger partial charge is 0.333 e. The fourth-order valence-corrected chi connectivity index (χ4v) is 2.91. The normalized spacial score (nSPS) is 11.2. The van der Waals surface area contributed by atoms with Crippen LogP contribution in [0.2, 0.25) is 0 Å². The van der Waals surface area contributed by atoms with Crippen LogP contribution in [0.4, 0.5) is 0 Å². The van der Waals surface area contributed by atoms with Crippen LogP contribution in [0, 0.1) is 20.8 Å². The summed E-state index contributed by atoms with van der Waals surface area (Å²) in [7, 11) is 0. The standard InChI is InChI=1S/C22H24O2/c1-15(2)22(23)24-12-11-20(19-9-7-6-8-10-19)21-17(4)13-16(3)14-18(21)5/h6-11,13-14H,1,12H2,2-5H3/b20-11+. The Kier molecular flexibility index (Phi) is 5.75. The average molecular weight is 320 g/mol. The van der Waals surface area contributed by atoms with E-state index in [0.29, 0.717) is 5.57 Å². The first kappa shape index (κ1) is 17.7. The third-order valence-electron chi connectivity index (χ3n) is 3.88. The van der Waals surface area contributed by atoms with Gasteiger partial charge in [-0.3, -0.25) is 0 Å². The van der Waals surface area contributed by atoms with Crippen molar-refractivity contribution in [3.05, 3.63) is 88.5 Å². The molecule has 2 nitrogen and oxygen atoms in total. The number of carbonyl (C=O) groups excluding carboxylic acids is 1. The number of ether oxygens (including phenoxy) is 1. The molecule has 24 heavy (non-hydrogen) atoms. The van der Waals surface area contributed by atoms with Gasteiger partial charge in [-0.2, -0.15) is 0 Å². The molecule has 0 bridgehead atoms. The van der Waals surface area contributed by atoms with E-state index in [9.17, 15) is 4.79 Å². The topological polar surface area (TPSA) is 26.3 Å². The van der Waals surface area contributed by atoms with E-state index in [2.05, 4.69) is 51.6 Å². The van der Waals surface area contributed by atoms with Gasteiger partial charge in [0.25, 0.3) is 0 Å². The van der Waals surface area contributed by atoms with E-state index in [1.54, 1.807) is 6.92 Å². The molecule has 2 aromatic rings. The zero-order chi connectivity index (χ0) is 17.7. The summed E-state index contributed by atoms with van der Waals surface area (Å²) >= 11 is 0. The van der Waals surface area contributed by atoms with E-state index < -0.39 is 0 Å². The second-order valence-electron chi connectivity index (χ2n) is 6.14. The molecule has 0 spiro atoms. The summed E-state index contributed by atoms with van der Waals surface area (Å²) in [5, 5.41) is 0. The Bertz CT molecular complexity index is 760. The molecule has 124 valence electrons. The van der Waals surface area contributed by atoms with Crippen LogP contribution in [0.3, 0.4) is 0 Å². The van der Waals surface area contributed by atoms with Crippen LogP contribution in [-0.4, -0.2) is 12.6 Å². The molecule has 0 aliphatic rings. The van der Waals surface area contributed by atoms with Crippen LogP contribution in [0.25, 0.3) is 5.57 Å². The van der Waals surface area contributed by atoms with E-state index in [-0.39, 0.29) is 12.6 Å².